The summed E-state index contributed by atoms with van der Waals surface area (Å²) in [5.41, 5.74) is 0.445. The van der Waals surface area contributed by atoms with Gasteiger partial charge in [0.25, 0.3) is 5.91 Å². The topological polar surface area (TPSA) is 100 Å². The second-order valence-corrected chi connectivity index (χ2v) is 6.22. The van der Waals surface area contributed by atoms with Crippen LogP contribution < -0.4 is 0 Å². The Balaban J connectivity index is 0.000000345. The molecule has 11 heteroatoms. The number of likely N-dealkylation sites (tertiary alicyclic amines) is 2. The van der Waals surface area contributed by atoms with Crippen molar-refractivity contribution >= 4 is 17.8 Å². The van der Waals surface area contributed by atoms with Crippen LogP contribution in [0.2, 0.25) is 0 Å². The number of fused-ring (bicyclic) bond motifs is 1. The Kier molecular flexibility index (Phi) is 6.95. The number of carbonyl (C=O) groups is 3. The van der Waals surface area contributed by atoms with Crippen molar-refractivity contribution in [2.24, 2.45) is 0 Å². The Hall–Kier alpha value is -2.69. The molecule has 0 saturated carbocycles. The first-order valence-electron chi connectivity index (χ1n) is 8.47. The summed E-state index contributed by atoms with van der Waals surface area (Å²) >= 11 is 0. The van der Waals surface area contributed by atoms with E-state index in [9.17, 15) is 22.8 Å². The third kappa shape index (κ3) is 4.97. The van der Waals surface area contributed by atoms with Crippen molar-refractivity contribution in [1.29, 1.82) is 0 Å². The third-order valence-electron chi connectivity index (χ3n) is 4.54. The standard InChI is InChI=1S/C15H19N3O3.C2HF3O2/c1-21-9-8-17-12-5-7-18(13(12)10-14(17)19)15(20)11-4-2-3-6-16-11;3-2(4,5)1(6)7/h2-4,6,12-13H,5,7-10H2,1H3;(H,6,7)/t12-,13-;/m1./s1. The predicted octanol–water partition coefficient (Wildman–Crippen LogP) is 1.18. The van der Waals surface area contributed by atoms with Crippen LogP contribution in [0.25, 0.3) is 0 Å². The number of amides is 2. The fraction of sp³-hybridized carbons (Fsp3) is 0.529. The highest BCUT2D eigenvalue weighted by atomic mass is 19.4. The number of aliphatic carboxylic acids is 1. The zero-order valence-electron chi connectivity index (χ0n) is 15.1. The molecule has 3 rings (SSSR count). The molecule has 2 amide bonds. The lowest BCUT2D eigenvalue weighted by Gasteiger charge is -2.25. The summed E-state index contributed by atoms with van der Waals surface area (Å²) in [5, 5.41) is 7.12. The fourth-order valence-electron chi connectivity index (χ4n) is 3.30. The molecule has 3 heterocycles. The molecule has 154 valence electrons. The second kappa shape index (κ2) is 9.00. The van der Waals surface area contributed by atoms with Gasteiger partial charge in [0.1, 0.15) is 5.69 Å². The van der Waals surface area contributed by atoms with Crippen molar-refractivity contribution in [1.82, 2.24) is 14.8 Å². The van der Waals surface area contributed by atoms with Gasteiger partial charge >= 0.3 is 12.1 Å². The fourth-order valence-corrected chi connectivity index (χ4v) is 3.30. The van der Waals surface area contributed by atoms with Gasteiger partial charge in [-0.3, -0.25) is 14.6 Å². The van der Waals surface area contributed by atoms with Gasteiger partial charge in [0.05, 0.1) is 18.7 Å². The normalized spacial score (nSPS) is 21.2. The van der Waals surface area contributed by atoms with Gasteiger partial charge in [-0.05, 0) is 18.6 Å². The number of methoxy groups -OCH3 is 1. The number of hydrogen-bond acceptors (Lipinski definition) is 5. The lowest BCUT2D eigenvalue weighted by atomic mass is 10.1. The van der Waals surface area contributed by atoms with Crippen molar-refractivity contribution in [2.45, 2.75) is 31.1 Å². The van der Waals surface area contributed by atoms with E-state index in [0.717, 1.165) is 6.42 Å². The van der Waals surface area contributed by atoms with Crippen LogP contribution in [0.1, 0.15) is 23.3 Å². The molecule has 0 spiro atoms. The van der Waals surface area contributed by atoms with Crippen LogP contribution >= 0.6 is 0 Å². The lowest BCUT2D eigenvalue weighted by Crippen LogP contribution is -2.41. The molecular weight excluding hydrogens is 383 g/mol. The number of hydrogen-bond donors (Lipinski definition) is 1. The van der Waals surface area contributed by atoms with Crippen LogP contribution in [0, 0.1) is 0 Å². The SMILES string of the molecule is COCCN1C(=O)C[C@@H]2[C@H]1CCN2C(=O)c1ccccn1.O=C(O)C(F)(F)F. The number of halogens is 3. The number of carboxylic acids is 1. The number of rotatable bonds is 4. The number of carbonyl (C=O) groups excluding carboxylic acids is 2. The first-order chi connectivity index (χ1) is 13.2. The number of pyridine rings is 1. The summed E-state index contributed by atoms with van der Waals surface area (Å²) in [5.74, 6) is -2.72. The molecule has 0 bridgehead atoms. The van der Waals surface area contributed by atoms with Crippen molar-refractivity contribution in [2.75, 3.05) is 26.8 Å². The van der Waals surface area contributed by atoms with Gasteiger partial charge in [-0.15, -0.1) is 0 Å². The maximum Gasteiger partial charge on any atom is 0.490 e. The Morgan fingerprint density at radius 3 is 2.54 bits per heavy atom. The molecule has 1 aromatic heterocycles. The number of carboxylic acid groups (broad SMARTS) is 1. The van der Waals surface area contributed by atoms with E-state index in [4.69, 9.17) is 14.6 Å². The Bertz CT molecular complexity index is 714. The van der Waals surface area contributed by atoms with E-state index in [1.165, 1.54) is 0 Å². The zero-order valence-corrected chi connectivity index (χ0v) is 15.1. The van der Waals surface area contributed by atoms with E-state index in [1.54, 1.807) is 36.4 Å². The molecule has 8 nitrogen and oxygen atoms in total. The van der Waals surface area contributed by atoms with Crippen LogP contribution in [-0.2, 0) is 14.3 Å². The Labute approximate surface area is 158 Å². The van der Waals surface area contributed by atoms with Gasteiger partial charge in [0, 0.05) is 32.8 Å². The summed E-state index contributed by atoms with van der Waals surface area (Å²) in [6, 6.07) is 5.41. The first-order valence-corrected chi connectivity index (χ1v) is 8.47. The minimum Gasteiger partial charge on any atom is -0.475 e. The average molecular weight is 403 g/mol. The van der Waals surface area contributed by atoms with Crippen molar-refractivity contribution in [3.05, 3.63) is 30.1 Å². The average Bonchev–Trinajstić information content (AvgIpc) is 3.18. The van der Waals surface area contributed by atoms with Crippen LogP contribution in [0.5, 0.6) is 0 Å². The second-order valence-electron chi connectivity index (χ2n) is 6.22. The van der Waals surface area contributed by atoms with Crippen molar-refractivity contribution in [3.63, 3.8) is 0 Å². The molecule has 0 radical (unpaired) electrons. The molecule has 2 fully saturated rings. The summed E-state index contributed by atoms with van der Waals surface area (Å²) in [4.78, 5) is 41.3. The third-order valence-corrected chi connectivity index (χ3v) is 4.54. The highest BCUT2D eigenvalue weighted by Crippen LogP contribution is 2.33. The van der Waals surface area contributed by atoms with Crippen molar-refractivity contribution < 1.29 is 37.4 Å². The lowest BCUT2D eigenvalue weighted by molar-refractivity contribution is -0.192. The van der Waals surface area contributed by atoms with E-state index in [0.29, 0.717) is 31.8 Å². The first kappa shape index (κ1) is 21.6. The predicted molar refractivity (Wildman–Crippen MR) is 89.4 cm³/mol. The molecule has 2 atom stereocenters. The maximum atomic E-state index is 12.5. The molecule has 2 aliphatic rings. The van der Waals surface area contributed by atoms with Gasteiger partial charge in [0.2, 0.25) is 5.91 Å². The quantitative estimate of drug-likeness (QED) is 0.810. The molecular formula is C17H20F3N3O5. The van der Waals surface area contributed by atoms with E-state index in [2.05, 4.69) is 4.98 Å². The summed E-state index contributed by atoms with van der Waals surface area (Å²) in [6.45, 7) is 1.81. The van der Waals surface area contributed by atoms with Crippen LogP contribution in [0.3, 0.4) is 0 Å². The smallest absolute Gasteiger partial charge is 0.475 e. The van der Waals surface area contributed by atoms with E-state index >= 15 is 0 Å². The largest absolute Gasteiger partial charge is 0.490 e. The number of nitrogens with zero attached hydrogens (tertiary/aromatic N) is 3. The minimum atomic E-state index is -5.08. The van der Waals surface area contributed by atoms with E-state index < -0.39 is 12.1 Å². The molecule has 1 aromatic rings. The van der Waals surface area contributed by atoms with Gasteiger partial charge in [-0.1, -0.05) is 6.07 Å². The molecule has 0 aliphatic carbocycles. The molecule has 2 aliphatic heterocycles. The molecule has 2 saturated heterocycles. The zero-order chi connectivity index (χ0) is 20.9. The van der Waals surface area contributed by atoms with Gasteiger partial charge in [-0.2, -0.15) is 13.2 Å². The molecule has 0 unspecified atom stereocenters. The molecule has 28 heavy (non-hydrogen) atoms. The van der Waals surface area contributed by atoms with Gasteiger partial charge < -0.3 is 19.6 Å². The van der Waals surface area contributed by atoms with E-state index in [-0.39, 0.29) is 23.9 Å². The van der Waals surface area contributed by atoms with E-state index in [1.807, 2.05) is 4.90 Å². The van der Waals surface area contributed by atoms with Crippen LogP contribution in [-0.4, -0.2) is 82.7 Å². The monoisotopic (exact) mass is 403 g/mol. The summed E-state index contributed by atoms with van der Waals surface area (Å²) < 4.78 is 36.8. The van der Waals surface area contributed by atoms with Gasteiger partial charge in [0.15, 0.2) is 0 Å². The number of alkyl halides is 3. The summed E-state index contributed by atoms with van der Waals surface area (Å²) in [7, 11) is 1.63. The highest BCUT2D eigenvalue weighted by Gasteiger charge is 2.48. The van der Waals surface area contributed by atoms with Gasteiger partial charge in [-0.25, -0.2) is 4.79 Å². The number of ether oxygens (including phenoxy) is 1. The molecule has 1 N–H and O–H groups in total. The van der Waals surface area contributed by atoms with Crippen LogP contribution in [0.15, 0.2) is 24.4 Å². The Morgan fingerprint density at radius 2 is 2.00 bits per heavy atom. The Morgan fingerprint density at radius 1 is 1.32 bits per heavy atom. The summed E-state index contributed by atoms with van der Waals surface area (Å²) in [6.07, 6.45) is -2.23. The number of aromatic nitrogens is 1. The highest BCUT2D eigenvalue weighted by molar-refractivity contribution is 5.93. The maximum absolute atomic E-state index is 12.5. The molecule has 0 aromatic carbocycles. The minimum absolute atomic E-state index is 0.0242. The van der Waals surface area contributed by atoms with Crippen molar-refractivity contribution in [3.8, 4) is 0 Å². The van der Waals surface area contributed by atoms with Crippen LogP contribution in [0.4, 0.5) is 13.2 Å².